The molecule has 35 heavy (non-hydrogen) atoms. The number of carbonyl (C=O) groups excluding carboxylic acids is 3. The van der Waals surface area contributed by atoms with Gasteiger partial charge in [-0.05, 0) is 59.7 Å². The summed E-state index contributed by atoms with van der Waals surface area (Å²) in [5.41, 5.74) is 2.55. The molecule has 0 aliphatic carbocycles. The zero-order valence-electron chi connectivity index (χ0n) is 18.1. The van der Waals surface area contributed by atoms with Gasteiger partial charge in [-0.25, -0.2) is 4.90 Å². The molecule has 2 fully saturated rings. The van der Waals surface area contributed by atoms with Crippen LogP contribution in [0.1, 0.15) is 27.5 Å². The number of Topliss-reactive ketones (excluding diaryl/α,β-unsaturated/α-hetero) is 1. The van der Waals surface area contributed by atoms with Crippen molar-refractivity contribution in [2.75, 3.05) is 4.90 Å². The molecule has 2 saturated heterocycles. The van der Waals surface area contributed by atoms with E-state index in [-0.39, 0.29) is 22.4 Å². The van der Waals surface area contributed by atoms with Gasteiger partial charge in [-0.2, -0.15) is 0 Å². The third-order valence-corrected chi connectivity index (χ3v) is 7.80. The molecular weight excluding hydrogens is 507 g/mol. The van der Waals surface area contributed by atoms with Gasteiger partial charge >= 0.3 is 0 Å². The Morgan fingerprint density at radius 1 is 0.800 bits per heavy atom. The molecule has 0 saturated carbocycles. The summed E-state index contributed by atoms with van der Waals surface area (Å²) < 4.78 is 0. The molecule has 4 atom stereocenters. The molecule has 0 aromatic heterocycles. The molecule has 3 aromatic carbocycles. The fraction of sp³-hybridized carbons (Fsp3) is 0.148. The van der Waals surface area contributed by atoms with Crippen LogP contribution in [-0.4, -0.2) is 28.5 Å². The number of halogens is 3. The van der Waals surface area contributed by atoms with E-state index in [4.69, 9.17) is 34.8 Å². The van der Waals surface area contributed by atoms with E-state index in [1.165, 1.54) is 6.07 Å². The van der Waals surface area contributed by atoms with Gasteiger partial charge in [0.1, 0.15) is 6.04 Å². The average molecular weight is 524 g/mol. The van der Waals surface area contributed by atoms with Gasteiger partial charge in [0.25, 0.3) is 0 Å². The van der Waals surface area contributed by atoms with Crippen molar-refractivity contribution in [2.24, 2.45) is 11.8 Å². The summed E-state index contributed by atoms with van der Waals surface area (Å²) in [7, 11) is 0. The second-order valence-corrected chi connectivity index (χ2v) is 10.1. The average Bonchev–Trinajstić information content (AvgIpc) is 3.32. The zero-order valence-corrected chi connectivity index (χ0v) is 20.3. The van der Waals surface area contributed by atoms with E-state index in [1.54, 1.807) is 36.4 Å². The maximum atomic E-state index is 13.9. The van der Waals surface area contributed by atoms with Crippen LogP contribution in [0.2, 0.25) is 15.1 Å². The van der Waals surface area contributed by atoms with E-state index in [0.29, 0.717) is 15.6 Å². The summed E-state index contributed by atoms with van der Waals surface area (Å²) in [6.07, 6.45) is 3.74. The predicted molar refractivity (Wildman–Crippen MR) is 136 cm³/mol. The van der Waals surface area contributed by atoms with Gasteiger partial charge < -0.3 is 4.90 Å². The Kier molecular flexibility index (Phi) is 5.26. The van der Waals surface area contributed by atoms with Crippen LogP contribution in [0.4, 0.5) is 5.69 Å². The third kappa shape index (κ3) is 3.33. The maximum absolute atomic E-state index is 13.9. The molecule has 6 rings (SSSR count). The van der Waals surface area contributed by atoms with Crippen molar-refractivity contribution in [1.29, 1.82) is 0 Å². The van der Waals surface area contributed by atoms with Crippen molar-refractivity contribution in [1.82, 2.24) is 4.90 Å². The van der Waals surface area contributed by atoms with E-state index >= 15 is 0 Å². The highest BCUT2D eigenvalue weighted by Crippen LogP contribution is 2.54. The highest BCUT2D eigenvalue weighted by atomic mass is 35.5. The molecule has 0 bridgehead atoms. The number of hydrogen-bond acceptors (Lipinski definition) is 4. The number of amides is 2. The molecule has 0 spiro atoms. The van der Waals surface area contributed by atoms with Crippen LogP contribution in [0.25, 0.3) is 6.08 Å². The van der Waals surface area contributed by atoms with Crippen LogP contribution in [0.15, 0.2) is 72.9 Å². The van der Waals surface area contributed by atoms with Crippen molar-refractivity contribution in [3.63, 3.8) is 0 Å². The number of rotatable bonds is 3. The van der Waals surface area contributed by atoms with E-state index in [2.05, 4.69) is 0 Å². The standard InChI is InChI=1S/C27H17Cl3N2O3/c28-16-7-5-15(6-8-16)25(33)24-22-21(23-18-4-2-1-3-14(18)11-12-31(23)24)26(34)32(27(22)35)20-10-9-17(29)13-19(20)30/h1-13,21-24H. The summed E-state index contributed by atoms with van der Waals surface area (Å²) in [4.78, 5) is 44.6. The number of imide groups is 1. The quantitative estimate of drug-likeness (QED) is 0.310. The first-order chi connectivity index (χ1) is 16.9. The third-order valence-electron chi connectivity index (χ3n) is 7.01. The minimum atomic E-state index is -0.877. The minimum Gasteiger partial charge on any atom is -0.358 e. The predicted octanol–water partition coefficient (Wildman–Crippen LogP) is 6.05. The molecule has 3 aliphatic rings. The largest absolute Gasteiger partial charge is 0.358 e. The second-order valence-electron chi connectivity index (χ2n) is 8.81. The first-order valence-corrected chi connectivity index (χ1v) is 12.2. The summed E-state index contributed by atoms with van der Waals surface area (Å²) in [5.74, 6) is -2.69. The number of ketones is 1. The molecule has 8 heteroatoms. The first-order valence-electron chi connectivity index (χ1n) is 11.0. The highest BCUT2D eigenvalue weighted by molar-refractivity contribution is 6.38. The van der Waals surface area contributed by atoms with Gasteiger partial charge in [-0.15, -0.1) is 0 Å². The number of hydrogen-bond donors (Lipinski definition) is 0. The van der Waals surface area contributed by atoms with Gasteiger partial charge in [-0.3, -0.25) is 14.4 Å². The van der Waals surface area contributed by atoms with Gasteiger partial charge in [0, 0.05) is 21.8 Å². The van der Waals surface area contributed by atoms with E-state index < -0.39 is 29.8 Å². The molecule has 3 aliphatic heterocycles. The Hall–Kier alpha value is -3.12. The van der Waals surface area contributed by atoms with Gasteiger partial charge in [0.05, 0.1) is 28.6 Å². The minimum absolute atomic E-state index is 0.195. The monoisotopic (exact) mass is 522 g/mol. The molecule has 174 valence electrons. The SMILES string of the molecule is O=C(c1ccc(Cl)cc1)C1C2C(=O)N(c3ccc(Cl)cc3Cl)C(=O)C2C2c3ccccc3C=CN12. The van der Waals surface area contributed by atoms with E-state index in [1.807, 2.05) is 41.4 Å². The first kappa shape index (κ1) is 22.4. The molecule has 4 unspecified atom stereocenters. The van der Waals surface area contributed by atoms with Crippen LogP contribution in [0, 0.1) is 11.8 Å². The molecule has 0 radical (unpaired) electrons. The lowest BCUT2D eigenvalue weighted by molar-refractivity contribution is -0.123. The fourth-order valence-electron chi connectivity index (χ4n) is 5.54. The molecule has 3 aromatic rings. The number of nitrogens with zero attached hydrogens (tertiary/aromatic N) is 2. The Bertz CT molecular complexity index is 1440. The molecule has 5 nitrogen and oxygen atoms in total. The van der Waals surface area contributed by atoms with Crippen molar-refractivity contribution in [3.05, 3.63) is 105 Å². The van der Waals surface area contributed by atoms with Crippen molar-refractivity contribution < 1.29 is 14.4 Å². The van der Waals surface area contributed by atoms with E-state index in [0.717, 1.165) is 16.0 Å². The molecule has 3 heterocycles. The summed E-state index contributed by atoms with van der Waals surface area (Å²) in [6, 6.07) is 17.6. The van der Waals surface area contributed by atoms with Gasteiger partial charge in [-0.1, -0.05) is 59.1 Å². The Morgan fingerprint density at radius 3 is 2.23 bits per heavy atom. The van der Waals surface area contributed by atoms with Crippen LogP contribution in [0.5, 0.6) is 0 Å². The van der Waals surface area contributed by atoms with E-state index in [9.17, 15) is 14.4 Å². The summed E-state index contributed by atoms with van der Waals surface area (Å²) in [6.45, 7) is 0. The smallest absolute Gasteiger partial charge is 0.240 e. The topological polar surface area (TPSA) is 57.7 Å². The normalized spacial score (nSPS) is 24.4. The van der Waals surface area contributed by atoms with Gasteiger partial charge in [0.2, 0.25) is 11.8 Å². The number of anilines is 1. The van der Waals surface area contributed by atoms with Crippen molar-refractivity contribution >= 4 is 64.2 Å². The Labute approximate surface area is 216 Å². The number of fused-ring (bicyclic) bond motifs is 5. The van der Waals surface area contributed by atoms with Crippen LogP contribution in [-0.2, 0) is 9.59 Å². The van der Waals surface area contributed by atoms with Crippen LogP contribution in [0.3, 0.4) is 0 Å². The lowest BCUT2D eigenvalue weighted by Crippen LogP contribution is -2.44. The van der Waals surface area contributed by atoms with Gasteiger partial charge in [0.15, 0.2) is 5.78 Å². The summed E-state index contributed by atoms with van der Waals surface area (Å²) >= 11 is 18.5. The number of carbonyl (C=O) groups is 3. The molecule has 0 N–H and O–H groups in total. The lowest BCUT2D eigenvalue weighted by Gasteiger charge is -2.35. The Morgan fingerprint density at radius 2 is 1.49 bits per heavy atom. The maximum Gasteiger partial charge on any atom is 0.240 e. The highest BCUT2D eigenvalue weighted by Gasteiger charge is 2.64. The fourth-order valence-corrected chi connectivity index (χ4v) is 6.16. The van der Waals surface area contributed by atoms with Crippen molar-refractivity contribution in [3.8, 4) is 0 Å². The zero-order chi connectivity index (χ0) is 24.4. The second kappa shape index (κ2) is 8.23. The summed E-state index contributed by atoms with van der Waals surface area (Å²) in [5, 5.41) is 1.10. The van der Waals surface area contributed by atoms with Crippen molar-refractivity contribution in [2.45, 2.75) is 12.1 Å². The molecular formula is C27H17Cl3N2O3. The number of benzene rings is 3. The van der Waals surface area contributed by atoms with Crippen LogP contribution >= 0.6 is 34.8 Å². The lowest BCUT2D eigenvalue weighted by atomic mass is 9.83. The molecule has 2 amide bonds. The Balaban J connectivity index is 1.50. The van der Waals surface area contributed by atoms with Crippen LogP contribution < -0.4 is 4.90 Å².